The van der Waals surface area contributed by atoms with Crippen molar-refractivity contribution in [1.29, 1.82) is 5.41 Å². The molecule has 3 aromatic rings. The number of hydrogen-bond donors (Lipinski definition) is 2. The van der Waals surface area contributed by atoms with Crippen LogP contribution in [0.2, 0.25) is 0 Å². The van der Waals surface area contributed by atoms with E-state index in [2.05, 4.69) is 0 Å². The maximum Gasteiger partial charge on any atom is 0.253 e. The fourth-order valence-corrected chi connectivity index (χ4v) is 6.60. The number of nitrogens with zero attached hydrogens (tertiary/aromatic N) is 2. The molecule has 1 saturated heterocycles. The first-order valence-corrected chi connectivity index (χ1v) is 11.7. The number of nitrogens with two attached hydrogens (primary N) is 1. The van der Waals surface area contributed by atoms with E-state index >= 15 is 0 Å². The molecule has 2 heterocycles. The Kier molecular flexibility index (Phi) is 5.35. The maximum absolute atomic E-state index is 13.1. The lowest BCUT2D eigenvalue weighted by Gasteiger charge is -2.23. The maximum atomic E-state index is 13.1. The molecular formula is C21H22N4O3S2. The Balaban J connectivity index is 1.52. The van der Waals surface area contributed by atoms with E-state index in [0.717, 1.165) is 15.6 Å². The average Bonchev–Trinajstić information content (AvgIpc) is 3.32. The van der Waals surface area contributed by atoms with Gasteiger partial charge in [0, 0.05) is 30.4 Å². The number of carbonyl (C=O) groups is 1. The number of fused-ring (bicyclic) bond motifs is 1. The number of rotatable bonds is 6. The summed E-state index contributed by atoms with van der Waals surface area (Å²) in [7, 11) is -2.30. The van der Waals surface area contributed by atoms with Crippen LogP contribution in [0.25, 0.3) is 10.1 Å². The Morgan fingerprint density at radius 2 is 2.00 bits per heavy atom. The molecule has 156 valence electrons. The molecule has 1 aliphatic rings. The van der Waals surface area contributed by atoms with Crippen molar-refractivity contribution in [3.63, 3.8) is 0 Å². The van der Waals surface area contributed by atoms with Gasteiger partial charge in [-0.15, -0.1) is 11.3 Å². The van der Waals surface area contributed by atoms with E-state index < -0.39 is 16.1 Å². The van der Waals surface area contributed by atoms with Crippen LogP contribution in [0, 0.1) is 5.41 Å². The molecule has 1 amide bonds. The molecule has 0 radical (unpaired) electrons. The molecule has 0 unspecified atom stereocenters. The lowest BCUT2D eigenvalue weighted by molar-refractivity contribution is -0.131. The van der Waals surface area contributed by atoms with Gasteiger partial charge in [0.2, 0.25) is 5.91 Å². The van der Waals surface area contributed by atoms with Gasteiger partial charge in [0.15, 0.2) is 0 Å². The van der Waals surface area contributed by atoms with Gasteiger partial charge in [0.25, 0.3) is 10.0 Å². The highest BCUT2D eigenvalue weighted by atomic mass is 32.2. The fourth-order valence-electron chi connectivity index (χ4n) is 3.67. The summed E-state index contributed by atoms with van der Waals surface area (Å²) in [6.45, 7) is 0.827. The van der Waals surface area contributed by atoms with Crippen LogP contribution in [0.4, 0.5) is 0 Å². The Morgan fingerprint density at radius 3 is 2.73 bits per heavy atom. The van der Waals surface area contributed by atoms with Crippen molar-refractivity contribution in [2.45, 2.75) is 23.2 Å². The lowest BCUT2D eigenvalue weighted by Crippen LogP contribution is -2.42. The quantitative estimate of drug-likeness (QED) is 0.452. The molecule has 30 heavy (non-hydrogen) atoms. The van der Waals surface area contributed by atoms with E-state index in [-0.39, 0.29) is 16.0 Å². The van der Waals surface area contributed by atoms with Crippen molar-refractivity contribution in [2.24, 2.45) is 5.73 Å². The van der Waals surface area contributed by atoms with E-state index in [1.54, 1.807) is 29.2 Å². The summed E-state index contributed by atoms with van der Waals surface area (Å²) in [6.07, 6.45) is 0.436. The van der Waals surface area contributed by atoms with Crippen molar-refractivity contribution < 1.29 is 13.2 Å². The number of likely N-dealkylation sites (tertiary alicyclic amines) is 1. The summed E-state index contributed by atoms with van der Waals surface area (Å²) >= 11 is 1.21. The lowest BCUT2D eigenvalue weighted by atomic mass is 10.1. The van der Waals surface area contributed by atoms with Crippen LogP contribution >= 0.6 is 11.3 Å². The number of amides is 1. The smallest absolute Gasteiger partial charge is 0.253 e. The molecule has 0 aliphatic carbocycles. The van der Waals surface area contributed by atoms with Gasteiger partial charge in [-0.25, -0.2) is 8.42 Å². The van der Waals surface area contributed by atoms with Crippen molar-refractivity contribution in [2.75, 3.05) is 13.6 Å². The zero-order chi connectivity index (χ0) is 21.5. The molecule has 7 nitrogen and oxygen atoms in total. The third-order valence-corrected chi connectivity index (χ3v) is 8.79. The standard InChI is InChI=1S/C21H22N4O3S2/c1-24(30(27,28)19-12-15-6-2-3-8-18(15)29-19)17-9-10-25(21(17)26)13-14-5-4-7-16(11-14)20(22)23/h2-8,11-12,17H,9-10,13H2,1H3,(H3,22,23)/t17-/m0/s1. The summed E-state index contributed by atoms with van der Waals surface area (Å²) in [5, 5.41) is 8.43. The number of carbonyl (C=O) groups excluding carboxylic acids is 1. The van der Waals surface area contributed by atoms with Gasteiger partial charge < -0.3 is 10.6 Å². The van der Waals surface area contributed by atoms with Gasteiger partial charge in [0.05, 0.1) is 0 Å². The average molecular weight is 443 g/mol. The van der Waals surface area contributed by atoms with Crippen molar-refractivity contribution in [3.05, 3.63) is 65.7 Å². The molecule has 0 saturated carbocycles. The first-order valence-electron chi connectivity index (χ1n) is 9.46. The monoisotopic (exact) mass is 442 g/mol. The summed E-state index contributed by atoms with van der Waals surface area (Å²) in [4.78, 5) is 14.6. The summed E-state index contributed by atoms with van der Waals surface area (Å²) in [6, 6.07) is 15.6. The molecule has 0 bridgehead atoms. The zero-order valence-corrected chi connectivity index (χ0v) is 18.0. The second-order valence-corrected chi connectivity index (χ2v) is 10.6. The molecule has 9 heteroatoms. The first-order chi connectivity index (χ1) is 14.3. The van der Waals surface area contributed by atoms with Crippen LogP contribution in [-0.2, 0) is 21.4 Å². The van der Waals surface area contributed by atoms with Crippen LogP contribution in [0.15, 0.2) is 58.8 Å². The Morgan fingerprint density at radius 1 is 1.23 bits per heavy atom. The molecule has 4 rings (SSSR count). The number of likely N-dealkylation sites (N-methyl/N-ethyl adjacent to an activating group) is 1. The third-order valence-electron chi connectivity index (χ3n) is 5.36. The highest BCUT2D eigenvalue weighted by Gasteiger charge is 2.40. The van der Waals surface area contributed by atoms with E-state index in [1.165, 1.54) is 22.7 Å². The van der Waals surface area contributed by atoms with Crippen LogP contribution in [0.5, 0.6) is 0 Å². The van der Waals surface area contributed by atoms with E-state index in [0.29, 0.717) is 25.1 Å². The SMILES string of the molecule is CN([C@H]1CCN(Cc2cccc(C(=N)N)c2)C1=O)S(=O)(=O)c1cc2ccccc2s1. The first kappa shape index (κ1) is 20.5. The normalized spacial score (nSPS) is 17.2. The Hall–Kier alpha value is -2.75. The van der Waals surface area contributed by atoms with Crippen LogP contribution < -0.4 is 5.73 Å². The number of nitrogen functional groups attached to an aromatic ring is 1. The Labute approximate surface area is 179 Å². The number of benzene rings is 2. The minimum Gasteiger partial charge on any atom is -0.384 e. The molecule has 0 spiro atoms. The van der Waals surface area contributed by atoms with Crippen LogP contribution in [0.3, 0.4) is 0 Å². The summed E-state index contributed by atoms with van der Waals surface area (Å²) < 4.78 is 28.6. The molecule has 1 fully saturated rings. The summed E-state index contributed by atoms with van der Waals surface area (Å²) in [5.41, 5.74) is 6.99. The molecular weight excluding hydrogens is 420 g/mol. The minimum atomic E-state index is -3.77. The van der Waals surface area contributed by atoms with Crippen molar-refractivity contribution >= 4 is 43.2 Å². The fraction of sp³-hybridized carbons (Fsp3) is 0.238. The van der Waals surface area contributed by atoms with Gasteiger partial charge >= 0.3 is 0 Å². The second kappa shape index (κ2) is 7.82. The highest BCUT2D eigenvalue weighted by molar-refractivity contribution is 7.91. The predicted octanol–water partition coefficient (Wildman–Crippen LogP) is 2.61. The van der Waals surface area contributed by atoms with Gasteiger partial charge in [-0.3, -0.25) is 10.2 Å². The largest absolute Gasteiger partial charge is 0.384 e. The van der Waals surface area contributed by atoms with Gasteiger partial charge in [-0.2, -0.15) is 4.31 Å². The summed E-state index contributed by atoms with van der Waals surface area (Å²) in [5.74, 6) is -0.243. The van der Waals surface area contributed by atoms with Gasteiger partial charge in [-0.1, -0.05) is 36.4 Å². The van der Waals surface area contributed by atoms with Crippen molar-refractivity contribution in [3.8, 4) is 0 Å². The number of hydrogen-bond acceptors (Lipinski definition) is 5. The molecule has 2 aromatic carbocycles. The predicted molar refractivity (Wildman–Crippen MR) is 118 cm³/mol. The number of sulfonamides is 1. The molecule has 1 atom stereocenters. The minimum absolute atomic E-state index is 0.0309. The number of thiophene rings is 1. The Bertz CT molecular complexity index is 1200. The van der Waals surface area contributed by atoms with Gasteiger partial charge in [-0.05, 0) is 35.6 Å². The third kappa shape index (κ3) is 3.71. The second-order valence-electron chi connectivity index (χ2n) is 7.30. The molecule has 3 N–H and O–H groups in total. The van der Waals surface area contributed by atoms with E-state index in [1.807, 2.05) is 30.3 Å². The van der Waals surface area contributed by atoms with Crippen LogP contribution in [0.1, 0.15) is 17.5 Å². The highest BCUT2D eigenvalue weighted by Crippen LogP contribution is 2.32. The number of amidine groups is 1. The number of nitrogens with one attached hydrogen (secondary N) is 1. The van der Waals surface area contributed by atoms with Gasteiger partial charge in [0.1, 0.15) is 16.1 Å². The topological polar surface area (TPSA) is 108 Å². The van der Waals surface area contributed by atoms with E-state index in [9.17, 15) is 13.2 Å². The zero-order valence-electron chi connectivity index (χ0n) is 16.4. The van der Waals surface area contributed by atoms with Crippen LogP contribution in [-0.4, -0.2) is 49.0 Å². The van der Waals surface area contributed by atoms with E-state index in [4.69, 9.17) is 11.1 Å². The van der Waals surface area contributed by atoms with Crippen molar-refractivity contribution in [1.82, 2.24) is 9.21 Å². The molecule has 1 aromatic heterocycles. The molecule has 1 aliphatic heterocycles.